The van der Waals surface area contributed by atoms with Crippen molar-refractivity contribution in [3.05, 3.63) is 46.7 Å². The number of carbonyl (C=O) groups is 1. The van der Waals surface area contributed by atoms with E-state index in [1.165, 1.54) is 4.31 Å². The Labute approximate surface area is 191 Å². The molecule has 0 aliphatic carbocycles. The maximum absolute atomic E-state index is 13.3. The van der Waals surface area contributed by atoms with Gasteiger partial charge in [0.25, 0.3) is 10.0 Å². The van der Waals surface area contributed by atoms with E-state index in [1.54, 1.807) is 11.4 Å². The van der Waals surface area contributed by atoms with Gasteiger partial charge in [0, 0.05) is 36.1 Å². The van der Waals surface area contributed by atoms with Crippen LogP contribution in [-0.2, 0) is 21.2 Å². The van der Waals surface area contributed by atoms with Crippen LogP contribution in [0.15, 0.2) is 38.4 Å². The number of rotatable bonds is 6. The molecular weight excluding hydrogens is 448 g/mol. The topological polar surface area (TPSA) is 105 Å². The van der Waals surface area contributed by atoms with Crippen LogP contribution in [0.2, 0.25) is 0 Å². The summed E-state index contributed by atoms with van der Waals surface area (Å²) < 4.78 is 33.3. The van der Waals surface area contributed by atoms with Crippen LogP contribution in [0.25, 0.3) is 11.4 Å². The van der Waals surface area contributed by atoms with E-state index >= 15 is 0 Å². The molecule has 3 aromatic rings. The summed E-state index contributed by atoms with van der Waals surface area (Å²) in [6.45, 7) is 6.37. The smallest absolute Gasteiger partial charge is 0.252 e. The van der Waals surface area contributed by atoms with Crippen molar-refractivity contribution in [1.29, 1.82) is 0 Å². The molecule has 8 nitrogen and oxygen atoms in total. The number of sulfonamides is 1. The van der Waals surface area contributed by atoms with Gasteiger partial charge in [-0.15, -0.1) is 11.3 Å². The van der Waals surface area contributed by atoms with Crippen molar-refractivity contribution >= 4 is 33.0 Å². The predicted molar refractivity (Wildman–Crippen MR) is 123 cm³/mol. The predicted octanol–water partition coefficient (Wildman–Crippen LogP) is 4.02. The number of nitrogens with one attached hydrogen (secondary N) is 1. The molecule has 1 N–H and O–H groups in total. The van der Waals surface area contributed by atoms with Crippen LogP contribution >= 0.6 is 11.3 Å². The lowest BCUT2D eigenvalue weighted by molar-refractivity contribution is -0.120. The molecule has 32 heavy (non-hydrogen) atoms. The fraction of sp³-hybridized carbons (Fsp3) is 0.409. The average Bonchev–Trinajstić information content (AvgIpc) is 3.46. The van der Waals surface area contributed by atoms with Crippen molar-refractivity contribution in [3.8, 4) is 11.4 Å². The van der Waals surface area contributed by atoms with E-state index in [0.29, 0.717) is 43.1 Å². The first-order valence-electron chi connectivity index (χ1n) is 10.6. The molecule has 1 fully saturated rings. The molecule has 1 saturated heterocycles. The monoisotopic (exact) mass is 474 g/mol. The highest BCUT2D eigenvalue weighted by atomic mass is 32.2. The normalized spacial score (nSPS) is 17.4. The van der Waals surface area contributed by atoms with Gasteiger partial charge in [0.1, 0.15) is 4.21 Å². The fourth-order valence-corrected chi connectivity index (χ4v) is 6.53. The second-order valence-corrected chi connectivity index (χ2v) is 11.1. The van der Waals surface area contributed by atoms with Crippen LogP contribution in [-0.4, -0.2) is 41.9 Å². The Bertz CT molecular complexity index is 1230. The first-order chi connectivity index (χ1) is 15.3. The summed E-state index contributed by atoms with van der Waals surface area (Å²) in [6, 6.07) is 7.46. The molecule has 1 atom stereocenters. The standard InChI is InChI=1S/C22H26N4O4S2/c1-4-19-24-21(25-30-19)17-11-20(31-13-17)32(28,29)26-9-5-6-16(12-26)22(27)23-18-10-14(2)7-8-15(18)3/h7-8,10-11,13,16H,4-6,9,12H2,1-3H3,(H,23,27)/t16-/m1/s1. The molecule has 0 unspecified atom stereocenters. The number of hydrogen-bond donors (Lipinski definition) is 1. The highest BCUT2D eigenvalue weighted by Gasteiger charge is 2.34. The third kappa shape index (κ3) is 4.62. The van der Waals surface area contributed by atoms with E-state index in [4.69, 9.17) is 4.52 Å². The fourth-order valence-electron chi connectivity index (χ4n) is 3.69. The Hall–Kier alpha value is -2.56. The van der Waals surface area contributed by atoms with Crippen LogP contribution in [0.3, 0.4) is 0 Å². The molecule has 0 saturated carbocycles. The summed E-state index contributed by atoms with van der Waals surface area (Å²) >= 11 is 1.13. The summed E-state index contributed by atoms with van der Waals surface area (Å²) in [4.78, 5) is 17.2. The van der Waals surface area contributed by atoms with Crippen molar-refractivity contribution in [3.63, 3.8) is 0 Å². The van der Waals surface area contributed by atoms with E-state index in [9.17, 15) is 13.2 Å². The number of piperidine rings is 1. The first kappa shape index (κ1) is 22.6. The van der Waals surface area contributed by atoms with Crippen molar-refractivity contribution in [2.24, 2.45) is 5.92 Å². The number of benzene rings is 1. The Kier molecular flexibility index (Phi) is 6.45. The van der Waals surface area contributed by atoms with Crippen molar-refractivity contribution < 1.29 is 17.7 Å². The van der Waals surface area contributed by atoms with Gasteiger partial charge in [-0.05, 0) is 49.9 Å². The van der Waals surface area contributed by atoms with Crippen LogP contribution in [0.4, 0.5) is 5.69 Å². The number of aryl methyl sites for hydroxylation is 3. The zero-order valence-corrected chi connectivity index (χ0v) is 19.9. The summed E-state index contributed by atoms with van der Waals surface area (Å²) in [5.74, 6) is 0.333. The number of carbonyl (C=O) groups excluding carboxylic acids is 1. The molecule has 170 valence electrons. The molecule has 1 aromatic carbocycles. The SMILES string of the molecule is CCc1nc(-c2csc(S(=O)(=O)N3CCC[C@@H](C(=O)Nc4cc(C)ccc4C)C3)c2)no1. The lowest BCUT2D eigenvalue weighted by atomic mass is 9.98. The summed E-state index contributed by atoms with van der Waals surface area (Å²) in [5, 5.41) is 8.61. The molecule has 4 rings (SSSR count). The lowest BCUT2D eigenvalue weighted by Crippen LogP contribution is -2.43. The largest absolute Gasteiger partial charge is 0.339 e. The Morgan fingerprint density at radius 2 is 2.12 bits per heavy atom. The molecule has 10 heteroatoms. The molecule has 2 aromatic heterocycles. The second kappa shape index (κ2) is 9.13. The average molecular weight is 475 g/mol. The summed E-state index contributed by atoms with van der Waals surface area (Å²) in [6.07, 6.45) is 1.90. The van der Waals surface area contributed by atoms with Gasteiger partial charge >= 0.3 is 0 Å². The van der Waals surface area contributed by atoms with Gasteiger partial charge in [0.15, 0.2) is 0 Å². The third-order valence-corrected chi connectivity index (χ3v) is 8.88. The number of hydrogen-bond acceptors (Lipinski definition) is 7. The number of amides is 1. The highest BCUT2D eigenvalue weighted by molar-refractivity contribution is 7.91. The van der Waals surface area contributed by atoms with Crippen LogP contribution in [0.5, 0.6) is 0 Å². The van der Waals surface area contributed by atoms with Gasteiger partial charge in [-0.2, -0.15) is 9.29 Å². The molecule has 3 heterocycles. The van der Waals surface area contributed by atoms with Crippen LogP contribution in [0.1, 0.15) is 36.8 Å². The number of thiophene rings is 1. The van der Waals surface area contributed by atoms with Crippen molar-refractivity contribution in [2.45, 2.75) is 44.2 Å². The molecular formula is C22H26N4O4S2. The van der Waals surface area contributed by atoms with Gasteiger partial charge in [0.2, 0.25) is 17.6 Å². The summed E-state index contributed by atoms with van der Waals surface area (Å²) in [5.41, 5.74) is 3.41. The Morgan fingerprint density at radius 3 is 2.88 bits per heavy atom. The van der Waals surface area contributed by atoms with Gasteiger partial charge in [-0.25, -0.2) is 8.42 Å². The zero-order valence-electron chi connectivity index (χ0n) is 18.3. The van der Waals surface area contributed by atoms with Gasteiger partial charge in [0.05, 0.1) is 5.92 Å². The minimum Gasteiger partial charge on any atom is -0.339 e. The van der Waals surface area contributed by atoms with Crippen LogP contribution in [0, 0.1) is 19.8 Å². The highest BCUT2D eigenvalue weighted by Crippen LogP contribution is 2.31. The summed E-state index contributed by atoms with van der Waals surface area (Å²) in [7, 11) is -3.72. The molecule has 0 spiro atoms. The van der Waals surface area contributed by atoms with Crippen molar-refractivity contribution in [2.75, 3.05) is 18.4 Å². The Balaban J connectivity index is 1.48. The minimum atomic E-state index is -3.72. The molecule has 1 amide bonds. The van der Waals surface area contributed by atoms with Crippen molar-refractivity contribution in [1.82, 2.24) is 14.4 Å². The van der Waals surface area contributed by atoms with E-state index < -0.39 is 15.9 Å². The first-order valence-corrected chi connectivity index (χ1v) is 12.9. The maximum atomic E-state index is 13.3. The molecule has 1 aliphatic rings. The lowest BCUT2D eigenvalue weighted by Gasteiger charge is -2.31. The maximum Gasteiger partial charge on any atom is 0.252 e. The number of nitrogens with zero attached hydrogens (tertiary/aromatic N) is 3. The third-order valence-electron chi connectivity index (χ3n) is 5.60. The van der Waals surface area contributed by atoms with E-state index in [1.807, 2.05) is 39.0 Å². The number of anilines is 1. The minimum absolute atomic E-state index is 0.149. The van der Waals surface area contributed by atoms with Crippen LogP contribution < -0.4 is 5.32 Å². The quantitative estimate of drug-likeness (QED) is 0.579. The molecule has 0 bridgehead atoms. The zero-order chi connectivity index (χ0) is 22.9. The van der Waals surface area contributed by atoms with E-state index in [2.05, 4.69) is 15.5 Å². The van der Waals surface area contributed by atoms with Gasteiger partial charge in [-0.3, -0.25) is 4.79 Å². The van der Waals surface area contributed by atoms with E-state index in [-0.39, 0.29) is 16.7 Å². The molecule has 1 aliphatic heterocycles. The van der Waals surface area contributed by atoms with Gasteiger partial charge in [-0.1, -0.05) is 24.2 Å². The van der Waals surface area contributed by atoms with Gasteiger partial charge < -0.3 is 9.84 Å². The number of aromatic nitrogens is 2. The Morgan fingerprint density at radius 1 is 1.31 bits per heavy atom. The second-order valence-electron chi connectivity index (χ2n) is 8.03. The van der Waals surface area contributed by atoms with E-state index in [0.717, 1.165) is 28.2 Å². The molecule has 0 radical (unpaired) electrons.